The predicted molar refractivity (Wildman–Crippen MR) is 171 cm³/mol. The van der Waals surface area contributed by atoms with Crippen LogP contribution in [0.1, 0.15) is 22.7 Å². The van der Waals surface area contributed by atoms with Crippen molar-refractivity contribution in [3.05, 3.63) is 133 Å². The van der Waals surface area contributed by atoms with Crippen molar-refractivity contribution >= 4 is 23.8 Å². The number of amides is 3. The van der Waals surface area contributed by atoms with E-state index in [1.165, 1.54) is 7.05 Å². The molecule has 8 nitrogen and oxygen atoms in total. The number of rotatable bonds is 16. The van der Waals surface area contributed by atoms with Gasteiger partial charge in [-0.3, -0.25) is 19.3 Å². The summed E-state index contributed by atoms with van der Waals surface area (Å²) in [6.07, 6.45) is 7.11. The van der Waals surface area contributed by atoms with E-state index < -0.39 is 29.9 Å². The summed E-state index contributed by atoms with van der Waals surface area (Å²) in [6.45, 7) is 8.51. The zero-order valence-corrected chi connectivity index (χ0v) is 24.7. The van der Waals surface area contributed by atoms with Gasteiger partial charge in [-0.25, -0.2) is 0 Å². The number of likely N-dealkylation sites (N-methyl/N-ethyl adjacent to an activating group) is 1. The fourth-order valence-corrected chi connectivity index (χ4v) is 4.63. The fourth-order valence-electron chi connectivity index (χ4n) is 4.63. The van der Waals surface area contributed by atoms with Crippen LogP contribution in [0.4, 0.5) is 0 Å². The molecular weight excluding hydrogens is 540 g/mol. The van der Waals surface area contributed by atoms with Crippen molar-refractivity contribution in [2.24, 2.45) is 0 Å². The van der Waals surface area contributed by atoms with Crippen LogP contribution >= 0.6 is 0 Å². The Morgan fingerprint density at radius 1 is 0.814 bits per heavy atom. The second kappa shape index (κ2) is 17.1. The van der Waals surface area contributed by atoms with Gasteiger partial charge in [-0.2, -0.15) is 0 Å². The zero-order chi connectivity index (χ0) is 31.0. The van der Waals surface area contributed by atoms with E-state index in [4.69, 9.17) is 4.74 Å². The molecule has 0 aliphatic rings. The molecule has 0 fully saturated rings. The average molecular weight is 581 g/mol. The first-order chi connectivity index (χ1) is 20.9. The summed E-state index contributed by atoms with van der Waals surface area (Å²) in [6, 6.07) is 23.4. The van der Waals surface area contributed by atoms with E-state index in [-0.39, 0.29) is 12.3 Å². The number of nitrogens with zero attached hydrogens (tertiary/aromatic N) is 1. The Morgan fingerprint density at radius 3 is 1.98 bits per heavy atom. The van der Waals surface area contributed by atoms with Crippen LogP contribution < -0.4 is 20.7 Å². The Labute approximate surface area is 254 Å². The van der Waals surface area contributed by atoms with Gasteiger partial charge in [0.05, 0.1) is 7.11 Å². The Bertz CT molecular complexity index is 1360. The largest absolute Gasteiger partial charge is 0.497 e. The highest BCUT2D eigenvalue weighted by atomic mass is 16.5. The van der Waals surface area contributed by atoms with E-state index in [0.717, 1.165) is 11.1 Å². The van der Waals surface area contributed by atoms with E-state index in [2.05, 4.69) is 29.1 Å². The number of nitrogens with one attached hydrogen (secondary N) is 3. The quantitative estimate of drug-likeness (QED) is 0.222. The molecule has 0 aliphatic heterocycles. The van der Waals surface area contributed by atoms with Gasteiger partial charge in [-0.05, 0) is 28.8 Å². The molecule has 3 N–H and O–H groups in total. The second-order valence-corrected chi connectivity index (χ2v) is 9.83. The molecule has 0 spiro atoms. The van der Waals surface area contributed by atoms with Gasteiger partial charge in [0.25, 0.3) is 0 Å². The van der Waals surface area contributed by atoms with Gasteiger partial charge in [0, 0.05) is 26.6 Å². The minimum atomic E-state index is -1.08. The number of carbonyl (C=O) groups excluding carboxylic acids is 3. The van der Waals surface area contributed by atoms with Crippen molar-refractivity contribution in [3.8, 4) is 5.75 Å². The number of carbonyl (C=O) groups is 3. The lowest BCUT2D eigenvalue weighted by molar-refractivity contribution is -0.132. The number of ether oxygens (including phenoxy) is 1. The molecule has 8 heteroatoms. The van der Waals surface area contributed by atoms with Crippen LogP contribution in [0.15, 0.2) is 116 Å². The summed E-state index contributed by atoms with van der Waals surface area (Å²) in [5, 5.41) is 8.40. The van der Waals surface area contributed by atoms with Gasteiger partial charge in [0.15, 0.2) is 0 Å². The molecule has 3 rings (SSSR count). The van der Waals surface area contributed by atoms with Gasteiger partial charge in [-0.15, -0.1) is 13.2 Å². The Hall–Kier alpha value is -4.95. The molecule has 0 radical (unpaired) electrons. The first-order valence-corrected chi connectivity index (χ1v) is 14.1. The van der Waals surface area contributed by atoms with Gasteiger partial charge in [-0.1, -0.05) is 97.1 Å². The highest BCUT2D eigenvalue weighted by molar-refractivity contribution is 5.95. The number of benzene rings is 3. The molecular formula is C35H40N4O4. The molecule has 0 saturated heterocycles. The molecule has 0 heterocycles. The molecule has 3 aromatic rings. The summed E-state index contributed by atoms with van der Waals surface area (Å²) in [5.41, 5.74) is 2.45. The van der Waals surface area contributed by atoms with Crippen molar-refractivity contribution < 1.29 is 19.1 Å². The molecule has 3 aromatic carbocycles. The smallest absolute Gasteiger partial charge is 0.247 e. The van der Waals surface area contributed by atoms with Gasteiger partial charge >= 0.3 is 0 Å². The lowest BCUT2D eigenvalue weighted by Crippen LogP contribution is -2.54. The topological polar surface area (TPSA) is 99.8 Å². The molecule has 3 unspecified atom stereocenters. The maximum Gasteiger partial charge on any atom is 0.247 e. The van der Waals surface area contributed by atoms with E-state index in [1.807, 2.05) is 77.7 Å². The van der Waals surface area contributed by atoms with E-state index in [1.54, 1.807) is 43.5 Å². The van der Waals surface area contributed by atoms with Gasteiger partial charge < -0.3 is 20.7 Å². The summed E-state index contributed by atoms with van der Waals surface area (Å²) < 4.78 is 5.30. The zero-order valence-electron chi connectivity index (χ0n) is 24.7. The summed E-state index contributed by atoms with van der Waals surface area (Å²) in [7, 11) is 3.10. The minimum Gasteiger partial charge on any atom is -0.497 e. The average Bonchev–Trinajstić information content (AvgIpc) is 3.04. The van der Waals surface area contributed by atoms with Crippen molar-refractivity contribution in [1.82, 2.24) is 20.9 Å². The molecule has 3 amide bonds. The lowest BCUT2D eigenvalue weighted by atomic mass is 10.0. The molecule has 0 saturated carbocycles. The molecule has 0 bridgehead atoms. The Balaban J connectivity index is 1.95. The van der Waals surface area contributed by atoms with Crippen molar-refractivity contribution in [2.45, 2.75) is 24.5 Å². The standard InChI is InChI=1S/C35H40N4O4/c1-5-23-39(24-6-2)32(28-18-20-29(43-4)21-19-28)35(42)37-30(22-17-26-13-9-7-10-14-26)34(41)38-31(33(40)36-3)25-27-15-11-8-12-16-27/h5-22,30-32H,1-2,23-25H2,3-4H3,(H,36,40)(H,37,42)(H,38,41)/b22-17+. The monoisotopic (exact) mass is 580 g/mol. The summed E-state index contributed by atoms with van der Waals surface area (Å²) in [5.74, 6) is -0.596. The van der Waals surface area contributed by atoms with E-state index in [9.17, 15) is 14.4 Å². The van der Waals surface area contributed by atoms with Gasteiger partial charge in [0.2, 0.25) is 17.7 Å². The molecule has 43 heavy (non-hydrogen) atoms. The van der Waals surface area contributed by atoms with Crippen LogP contribution in [0.2, 0.25) is 0 Å². The number of hydrogen-bond acceptors (Lipinski definition) is 5. The van der Waals surface area contributed by atoms with Crippen molar-refractivity contribution in [2.75, 3.05) is 27.2 Å². The SMILES string of the molecule is C=CCN(CC=C)C(C(=O)NC(/C=C/c1ccccc1)C(=O)NC(Cc1ccccc1)C(=O)NC)c1ccc(OC)cc1. The van der Waals surface area contributed by atoms with E-state index in [0.29, 0.717) is 24.4 Å². The third-order valence-corrected chi connectivity index (χ3v) is 6.80. The van der Waals surface area contributed by atoms with Crippen LogP contribution in [0.5, 0.6) is 5.75 Å². The normalized spacial score (nSPS) is 13.0. The number of hydrogen-bond donors (Lipinski definition) is 3. The Morgan fingerprint density at radius 2 is 1.42 bits per heavy atom. The third-order valence-electron chi connectivity index (χ3n) is 6.80. The molecule has 0 aliphatic carbocycles. The second-order valence-electron chi connectivity index (χ2n) is 9.83. The molecule has 224 valence electrons. The molecule has 3 atom stereocenters. The van der Waals surface area contributed by atoms with Crippen LogP contribution in [-0.4, -0.2) is 62.0 Å². The Kier molecular flexibility index (Phi) is 13.0. The minimum absolute atomic E-state index is 0.288. The summed E-state index contributed by atoms with van der Waals surface area (Å²) >= 11 is 0. The predicted octanol–water partition coefficient (Wildman–Crippen LogP) is 4.08. The molecule has 0 aromatic heterocycles. The maximum absolute atomic E-state index is 14.0. The van der Waals surface area contributed by atoms with Crippen LogP contribution in [0.3, 0.4) is 0 Å². The third kappa shape index (κ3) is 9.83. The van der Waals surface area contributed by atoms with Crippen LogP contribution in [0, 0.1) is 0 Å². The lowest BCUT2D eigenvalue weighted by Gasteiger charge is -2.30. The van der Waals surface area contributed by atoms with Crippen LogP contribution in [0.25, 0.3) is 6.08 Å². The highest BCUT2D eigenvalue weighted by Crippen LogP contribution is 2.24. The highest BCUT2D eigenvalue weighted by Gasteiger charge is 2.31. The fraction of sp³-hybridized carbons (Fsp3) is 0.229. The first-order valence-electron chi connectivity index (χ1n) is 14.1. The number of methoxy groups -OCH3 is 1. The van der Waals surface area contributed by atoms with E-state index >= 15 is 0 Å². The maximum atomic E-state index is 14.0. The van der Waals surface area contributed by atoms with Gasteiger partial charge in [0.1, 0.15) is 23.9 Å². The van der Waals surface area contributed by atoms with Crippen LogP contribution in [-0.2, 0) is 20.8 Å². The first kappa shape index (κ1) is 32.6. The van der Waals surface area contributed by atoms with Crippen molar-refractivity contribution in [3.63, 3.8) is 0 Å². The summed E-state index contributed by atoms with van der Waals surface area (Å²) in [4.78, 5) is 42.5. The van der Waals surface area contributed by atoms with Crippen molar-refractivity contribution in [1.29, 1.82) is 0 Å².